The number of anilines is 1. The van der Waals surface area contributed by atoms with Crippen LogP contribution < -0.4 is 5.32 Å². The predicted octanol–water partition coefficient (Wildman–Crippen LogP) is 5.34. The minimum atomic E-state index is -0.321. The van der Waals surface area contributed by atoms with Crippen LogP contribution in [0.4, 0.5) is 5.69 Å². The number of nitrogens with zero attached hydrogens (tertiary/aromatic N) is 2. The average Bonchev–Trinajstić information content (AvgIpc) is 3.01. The summed E-state index contributed by atoms with van der Waals surface area (Å²) in [5, 5.41) is 4.66. The highest BCUT2D eigenvalue weighted by molar-refractivity contribution is 8.00. The Labute approximate surface area is 165 Å². The number of aryl methyl sites for hydroxylation is 2. The number of thiophene rings is 1. The first-order chi connectivity index (χ1) is 12.6. The normalized spacial score (nSPS) is 14.8. The molecule has 0 saturated heterocycles. The van der Waals surface area contributed by atoms with E-state index in [4.69, 9.17) is 11.6 Å². The maximum absolute atomic E-state index is 12.4. The predicted molar refractivity (Wildman–Crippen MR) is 109 cm³/mol. The summed E-state index contributed by atoms with van der Waals surface area (Å²) in [6.45, 7) is 1.85. The summed E-state index contributed by atoms with van der Waals surface area (Å²) < 4.78 is 0. The van der Waals surface area contributed by atoms with Gasteiger partial charge in [0.05, 0.1) is 10.6 Å². The van der Waals surface area contributed by atoms with Crippen molar-refractivity contribution in [1.82, 2.24) is 9.97 Å². The van der Waals surface area contributed by atoms with Gasteiger partial charge in [0.15, 0.2) is 5.16 Å². The van der Waals surface area contributed by atoms with Crippen LogP contribution in [0.5, 0.6) is 0 Å². The van der Waals surface area contributed by atoms with Crippen LogP contribution in [0.1, 0.15) is 30.2 Å². The second kappa shape index (κ2) is 7.55. The molecule has 1 aromatic carbocycles. The highest BCUT2D eigenvalue weighted by atomic mass is 35.5. The van der Waals surface area contributed by atoms with Crippen molar-refractivity contribution >= 4 is 56.5 Å². The fourth-order valence-corrected chi connectivity index (χ4v) is 5.60. The van der Waals surface area contributed by atoms with Gasteiger partial charge in [0.25, 0.3) is 0 Å². The maximum atomic E-state index is 12.4. The van der Waals surface area contributed by atoms with E-state index in [1.807, 2.05) is 37.3 Å². The van der Waals surface area contributed by atoms with Crippen molar-refractivity contribution in [3.05, 3.63) is 45.9 Å². The van der Waals surface area contributed by atoms with E-state index in [0.29, 0.717) is 10.3 Å². The van der Waals surface area contributed by atoms with Crippen LogP contribution in [0.15, 0.2) is 35.5 Å². The molecule has 0 radical (unpaired) electrons. The van der Waals surface area contributed by atoms with E-state index >= 15 is 0 Å². The van der Waals surface area contributed by atoms with Gasteiger partial charge in [-0.3, -0.25) is 4.79 Å². The van der Waals surface area contributed by atoms with Gasteiger partial charge in [-0.15, -0.1) is 11.3 Å². The van der Waals surface area contributed by atoms with Crippen LogP contribution in [0.25, 0.3) is 10.2 Å². The molecule has 1 N–H and O–H groups in total. The fraction of sp³-hybridized carbons (Fsp3) is 0.316. The number of carbonyl (C=O) groups is 1. The van der Waals surface area contributed by atoms with Gasteiger partial charge in [-0.25, -0.2) is 9.97 Å². The second-order valence-electron chi connectivity index (χ2n) is 6.30. The molecule has 0 spiro atoms. The largest absolute Gasteiger partial charge is 0.325 e. The summed E-state index contributed by atoms with van der Waals surface area (Å²) in [7, 11) is 0. The zero-order chi connectivity index (χ0) is 18.1. The Kier molecular flexibility index (Phi) is 5.16. The minimum Gasteiger partial charge on any atom is -0.325 e. The van der Waals surface area contributed by atoms with Gasteiger partial charge >= 0.3 is 0 Å². The number of thioether (sulfide) groups is 1. The molecule has 0 saturated carbocycles. The Morgan fingerprint density at radius 3 is 2.81 bits per heavy atom. The number of para-hydroxylation sites is 1. The highest BCUT2D eigenvalue weighted by Crippen LogP contribution is 2.39. The third-order valence-corrected chi connectivity index (χ3v) is 6.86. The molecule has 1 aliphatic carbocycles. The Morgan fingerprint density at radius 1 is 1.23 bits per heavy atom. The Balaban J connectivity index is 1.54. The topological polar surface area (TPSA) is 54.9 Å². The van der Waals surface area contributed by atoms with Crippen molar-refractivity contribution in [2.45, 2.75) is 43.0 Å². The van der Waals surface area contributed by atoms with E-state index in [2.05, 4.69) is 15.3 Å². The zero-order valence-electron chi connectivity index (χ0n) is 14.3. The standard InChI is InChI=1S/C19H18ClN3OS2/c1-11(17(24)21-12-7-3-2-4-8-12)25-19-22-16(20)15-13-9-5-6-10-14(13)26-18(15)23-19/h2-4,7-8,11H,5-6,9-10H2,1H3,(H,21,24). The number of amides is 1. The van der Waals surface area contributed by atoms with E-state index in [0.717, 1.165) is 28.7 Å². The molecule has 4 rings (SSSR count). The van der Waals surface area contributed by atoms with E-state index in [1.165, 1.54) is 35.0 Å². The Hall–Kier alpha value is -1.63. The number of rotatable bonds is 4. The number of hydrogen-bond acceptors (Lipinski definition) is 5. The summed E-state index contributed by atoms with van der Waals surface area (Å²) in [5.74, 6) is -0.0773. The number of nitrogens with one attached hydrogen (secondary N) is 1. The first-order valence-electron chi connectivity index (χ1n) is 8.62. The molecule has 2 heterocycles. The summed E-state index contributed by atoms with van der Waals surface area (Å²) in [6, 6.07) is 9.43. The molecule has 3 aromatic rings. The van der Waals surface area contributed by atoms with Crippen molar-refractivity contribution in [3.63, 3.8) is 0 Å². The van der Waals surface area contributed by atoms with E-state index in [-0.39, 0.29) is 11.2 Å². The smallest absolute Gasteiger partial charge is 0.237 e. The summed E-state index contributed by atoms with van der Waals surface area (Å²) >= 11 is 9.53. The maximum Gasteiger partial charge on any atom is 0.237 e. The molecule has 1 amide bonds. The van der Waals surface area contributed by atoms with Gasteiger partial charge in [0.2, 0.25) is 5.91 Å². The lowest BCUT2D eigenvalue weighted by atomic mass is 9.97. The third kappa shape index (κ3) is 3.59. The van der Waals surface area contributed by atoms with Gasteiger partial charge in [-0.2, -0.15) is 0 Å². The molecule has 2 aromatic heterocycles. The van der Waals surface area contributed by atoms with Crippen molar-refractivity contribution in [2.24, 2.45) is 0 Å². The quantitative estimate of drug-likeness (QED) is 0.362. The number of carbonyl (C=O) groups excluding carboxylic acids is 1. The van der Waals surface area contributed by atoms with Gasteiger partial charge in [-0.05, 0) is 50.3 Å². The molecule has 1 unspecified atom stereocenters. The third-order valence-electron chi connectivity index (χ3n) is 4.44. The lowest BCUT2D eigenvalue weighted by molar-refractivity contribution is -0.115. The lowest BCUT2D eigenvalue weighted by Gasteiger charge is -2.12. The molecular weight excluding hydrogens is 386 g/mol. The monoisotopic (exact) mass is 403 g/mol. The number of hydrogen-bond donors (Lipinski definition) is 1. The van der Waals surface area contributed by atoms with Crippen LogP contribution in [-0.4, -0.2) is 21.1 Å². The molecule has 1 aliphatic rings. The Morgan fingerprint density at radius 2 is 2.00 bits per heavy atom. The average molecular weight is 404 g/mol. The summed E-state index contributed by atoms with van der Waals surface area (Å²) in [6.07, 6.45) is 4.58. The lowest BCUT2D eigenvalue weighted by Crippen LogP contribution is -2.22. The van der Waals surface area contributed by atoms with Crippen molar-refractivity contribution < 1.29 is 4.79 Å². The van der Waals surface area contributed by atoms with Gasteiger partial charge in [0.1, 0.15) is 9.98 Å². The molecule has 0 bridgehead atoms. The summed E-state index contributed by atoms with van der Waals surface area (Å²) in [4.78, 5) is 23.9. The van der Waals surface area contributed by atoms with Gasteiger partial charge in [0, 0.05) is 10.6 Å². The number of benzene rings is 1. The van der Waals surface area contributed by atoms with Crippen LogP contribution in [0.2, 0.25) is 5.15 Å². The van der Waals surface area contributed by atoms with Gasteiger partial charge < -0.3 is 5.32 Å². The van der Waals surface area contributed by atoms with Crippen molar-refractivity contribution in [1.29, 1.82) is 0 Å². The van der Waals surface area contributed by atoms with Crippen LogP contribution in [0.3, 0.4) is 0 Å². The highest BCUT2D eigenvalue weighted by Gasteiger charge is 2.22. The van der Waals surface area contributed by atoms with Crippen LogP contribution in [0, 0.1) is 0 Å². The molecule has 4 nitrogen and oxygen atoms in total. The first kappa shape index (κ1) is 17.8. The number of fused-ring (bicyclic) bond motifs is 3. The molecule has 7 heteroatoms. The molecule has 134 valence electrons. The Bertz CT molecular complexity index is 958. The fourth-order valence-electron chi connectivity index (χ4n) is 3.12. The number of aromatic nitrogens is 2. The van der Waals surface area contributed by atoms with E-state index in [9.17, 15) is 4.79 Å². The molecular formula is C19H18ClN3OS2. The second-order valence-corrected chi connectivity index (χ2v) is 9.05. The van der Waals surface area contributed by atoms with Crippen LogP contribution in [-0.2, 0) is 17.6 Å². The van der Waals surface area contributed by atoms with Gasteiger partial charge in [-0.1, -0.05) is 41.6 Å². The first-order valence-corrected chi connectivity index (χ1v) is 10.7. The SMILES string of the molecule is CC(Sc1nc(Cl)c2c3c(sc2n1)CCCC3)C(=O)Nc1ccccc1. The molecule has 0 aliphatic heterocycles. The van der Waals surface area contributed by atoms with Crippen molar-refractivity contribution in [2.75, 3.05) is 5.32 Å². The molecule has 0 fully saturated rings. The number of halogens is 1. The minimum absolute atomic E-state index is 0.0773. The van der Waals surface area contributed by atoms with E-state index in [1.54, 1.807) is 11.3 Å². The summed E-state index contributed by atoms with van der Waals surface area (Å²) in [5.41, 5.74) is 2.11. The molecule has 1 atom stereocenters. The van der Waals surface area contributed by atoms with Crippen LogP contribution >= 0.6 is 34.7 Å². The van der Waals surface area contributed by atoms with Crippen molar-refractivity contribution in [3.8, 4) is 0 Å². The molecule has 26 heavy (non-hydrogen) atoms. The zero-order valence-corrected chi connectivity index (χ0v) is 16.7. The van der Waals surface area contributed by atoms with E-state index < -0.39 is 0 Å².